The van der Waals surface area contributed by atoms with E-state index in [0.29, 0.717) is 22.9 Å². The predicted octanol–water partition coefficient (Wildman–Crippen LogP) is 7.47. The molecule has 0 atom stereocenters. The summed E-state index contributed by atoms with van der Waals surface area (Å²) in [6.45, 7) is 0. The molecule has 0 saturated carbocycles. The van der Waals surface area contributed by atoms with Crippen molar-refractivity contribution in [1.29, 1.82) is 0 Å². The van der Waals surface area contributed by atoms with Gasteiger partial charge in [0.25, 0.3) is 0 Å². The van der Waals surface area contributed by atoms with Gasteiger partial charge in [-0.3, -0.25) is 0 Å². The minimum Gasteiger partial charge on any atom is -0.457 e. The van der Waals surface area contributed by atoms with Gasteiger partial charge in [0.15, 0.2) is 0 Å². The zero-order valence-corrected chi connectivity index (χ0v) is 16.6. The number of anilines is 2. The van der Waals surface area contributed by atoms with Crippen molar-refractivity contribution in [3.8, 4) is 11.5 Å². The van der Waals surface area contributed by atoms with Gasteiger partial charge in [-0.05, 0) is 97.1 Å². The number of ether oxygens (including phenoxy) is 1. The Morgan fingerprint density at radius 3 is 0.935 bits per heavy atom. The van der Waals surface area contributed by atoms with Crippen molar-refractivity contribution in [2.75, 3.05) is 11.5 Å². The van der Waals surface area contributed by atoms with E-state index in [1.165, 1.54) is 0 Å². The molecule has 0 spiro atoms. The van der Waals surface area contributed by atoms with E-state index in [1.54, 1.807) is 24.3 Å². The summed E-state index contributed by atoms with van der Waals surface area (Å²) in [5.74, 6) is 1.39. The fourth-order valence-electron chi connectivity index (χ4n) is 2.61. The zero-order chi connectivity index (χ0) is 21.5. The normalized spacial score (nSPS) is 11.2. The van der Waals surface area contributed by atoms with E-state index in [-0.39, 0.29) is 0 Å². The molecule has 31 heavy (non-hydrogen) atoms. The van der Waals surface area contributed by atoms with Crippen LogP contribution in [-0.2, 0) is 0 Å². The highest BCUT2D eigenvalue weighted by atomic mass is 16.5. The first-order chi connectivity index (χ1) is 15.1. The molecule has 4 aromatic rings. The van der Waals surface area contributed by atoms with Gasteiger partial charge in [0.05, 0.1) is 22.7 Å². The number of rotatable bonds is 6. The number of azo groups is 2. The maximum absolute atomic E-state index is 5.87. The van der Waals surface area contributed by atoms with Crippen molar-refractivity contribution in [3.05, 3.63) is 97.1 Å². The molecule has 4 aromatic carbocycles. The van der Waals surface area contributed by atoms with Gasteiger partial charge in [-0.25, -0.2) is 0 Å². The summed E-state index contributed by atoms with van der Waals surface area (Å²) in [6.07, 6.45) is 0. The average Bonchev–Trinajstić information content (AvgIpc) is 2.80. The van der Waals surface area contributed by atoms with E-state index in [9.17, 15) is 0 Å². The van der Waals surface area contributed by atoms with E-state index in [4.69, 9.17) is 16.2 Å². The van der Waals surface area contributed by atoms with E-state index in [2.05, 4.69) is 20.5 Å². The number of nitrogens with two attached hydrogens (primary N) is 2. The summed E-state index contributed by atoms with van der Waals surface area (Å²) in [6, 6.07) is 29.1. The molecule has 7 heteroatoms. The van der Waals surface area contributed by atoms with Crippen molar-refractivity contribution in [1.82, 2.24) is 0 Å². The molecule has 4 rings (SSSR count). The Morgan fingerprint density at radius 1 is 0.387 bits per heavy atom. The third-order valence-electron chi connectivity index (χ3n) is 4.26. The number of hydrogen-bond acceptors (Lipinski definition) is 7. The smallest absolute Gasteiger partial charge is 0.127 e. The molecule has 152 valence electrons. The molecule has 0 fully saturated rings. The second-order valence-corrected chi connectivity index (χ2v) is 6.67. The van der Waals surface area contributed by atoms with Crippen molar-refractivity contribution < 1.29 is 4.74 Å². The summed E-state index contributed by atoms with van der Waals surface area (Å²) < 4.78 is 5.87. The summed E-state index contributed by atoms with van der Waals surface area (Å²) in [5.41, 5.74) is 15.6. The second kappa shape index (κ2) is 9.32. The van der Waals surface area contributed by atoms with Gasteiger partial charge in [-0.2, -0.15) is 20.5 Å². The molecule has 0 bridgehead atoms. The predicted molar refractivity (Wildman–Crippen MR) is 123 cm³/mol. The Bertz CT molecular complexity index is 1090. The topological polar surface area (TPSA) is 111 Å². The van der Waals surface area contributed by atoms with Gasteiger partial charge < -0.3 is 16.2 Å². The molecule has 0 aliphatic rings. The average molecular weight is 408 g/mol. The van der Waals surface area contributed by atoms with Crippen LogP contribution < -0.4 is 16.2 Å². The third kappa shape index (κ3) is 5.74. The molecule has 0 aromatic heterocycles. The lowest BCUT2D eigenvalue weighted by molar-refractivity contribution is 0.483. The van der Waals surface area contributed by atoms with Crippen LogP contribution >= 0.6 is 0 Å². The molecular weight excluding hydrogens is 388 g/mol. The lowest BCUT2D eigenvalue weighted by Crippen LogP contribution is -1.82. The van der Waals surface area contributed by atoms with Crippen LogP contribution in [0.1, 0.15) is 0 Å². The summed E-state index contributed by atoms with van der Waals surface area (Å²) in [7, 11) is 0. The van der Waals surface area contributed by atoms with Crippen molar-refractivity contribution in [2.45, 2.75) is 0 Å². The van der Waals surface area contributed by atoms with Gasteiger partial charge in [0, 0.05) is 11.4 Å². The maximum Gasteiger partial charge on any atom is 0.127 e. The number of benzene rings is 4. The highest BCUT2D eigenvalue weighted by Gasteiger charge is 1.99. The molecule has 0 radical (unpaired) electrons. The van der Waals surface area contributed by atoms with E-state index in [1.807, 2.05) is 72.8 Å². The standard InChI is InChI=1S/C24H20N6O/c25-17-1-5-19(6-2-17)27-29-21-9-13-23(14-10-21)31-24-15-11-22(12-16-24)30-28-20-7-3-18(26)4-8-20/h1-16H,25-26H2. The molecule has 0 heterocycles. The molecule has 0 unspecified atom stereocenters. The van der Waals surface area contributed by atoms with Gasteiger partial charge in [0.1, 0.15) is 11.5 Å². The van der Waals surface area contributed by atoms with Crippen LogP contribution in [-0.4, -0.2) is 0 Å². The largest absolute Gasteiger partial charge is 0.457 e. The summed E-state index contributed by atoms with van der Waals surface area (Å²) in [5, 5.41) is 16.8. The minimum atomic E-state index is 0.693. The van der Waals surface area contributed by atoms with Crippen LogP contribution in [0.3, 0.4) is 0 Å². The Labute approximate surface area is 179 Å². The highest BCUT2D eigenvalue weighted by molar-refractivity contribution is 5.50. The molecule has 0 aliphatic heterocycles. The first-order valence-corrected chi connectivity index (χ1v) is 9.57. The first kappa shape index (κ1) is 19.8. The van der Waals surface area contributed by atoms with Crippen molar-refractivity contribution >= 4 is 34.1 Å². The van der Waals surface area contributed by atoms with Crippen molar-refractivity contribution in [2.24, 2.45) is 20.5 Å². The Hall–Kier alpha value is -4.52. The molecule has 4 N–H and O–H groups in total. The van der Waals surface area contributed by atoms with E-state index >= 15 is 0 Å². The van der Waals surface area contributed by atoms with Crippen LogP contribution in [0.5, 0.6) is 11.5 Å². The number of nitrogen functional groups attached to an aromatic ring is 2. The molecule has 0 amide bonds. The summed E-state index contributed by atoms with van der Waals surface area (Å²) in [4.78, 5) is 0. The number of nitrogens with zero attached hydrogens (tertiary/aromatic N) is 4. The van der Waals surface area contributed by atoms with Crippen LogP contribution in [0.2, 0.25) is 0 Å². The first-order valence-electron chi connectivity index (χ1n) is 9.57. The van der Waals surface area contributed by atoms with Crippen molar-refractivity contribution in [3.63, 3.8) is 0 Å². The molecule has 7 nitrogen and oxygen atoms in total. The SMILES string of the molecule is Nc1ccc(N=Nc2ccc(Oc3ccc(N=Nc4ccc(N)cc4)cc3)cc2)cc1. The van der Waals surface area contributed by atoms with Crippen LogP contribution in [0.15, 0.2) is 118 Å². The van der Waals surface area contributed by atoms with Crippen LogP contribution in [0, 0.1) is 0 Å². The maximum atomic E-state index is 5.87. The molecular formula is C24H20N6O. The molecule has 0 aliphatic carbocycles. The lowest BCUT2D eigenvalue weighted by Gasteiger charge is -2.05. The Kier molecular flexibility index (Phi) is 5.95. The fraction of sp³-hybridized carbons (Fsp3) is 0. The summed E-state index contributed by atoms with van der Waals surface area (Å²) >= 11 is 0. The van der Waals surface area contributed by atoms with Crippen LogP contribution in [0.4, 0.5) is 34.1 Å². The van der Waals surface area contributed by atoms with Gasteiger partial charge in [0.2, 0.25) is 0 Å². The zero-order valence-electron chi connectivity index (χ0n) is 16.6. The monoisotopic (exact) mass is 408 g/mol. The van der Waals surface area contributed by atoms with Gasteiger partial charge >= 0.3 is 0 Å². The minimum absolute atomic E-state index is 0.693. The number of hydrogen-bond donors (Lipinski definition) is 2. The quantitative estimate of drug-likeness (QED) is 0.255. The Balaban J connectivity index is 1.35. The lowest BCUT2D eigenvalue weighted by atomic mass is 10.3. The Morgan fingerprint density at radius 2 is 0.645 bits per heavy atom. The van der Waals surface area contributed by atoms with Gasteiger partial charge in [-0.15, -0.1) is 0 Å². The molecule has 0 saturated heterocycles. The third-order valence-corrected chi connectivity index (χ3v) is 4.26. The van der Waals surface area contributed by atoms with Gasteiger partial charge in [-0.1, -0.05) is 0 Å². The van der Waals surface area contributed by atoms with E-state index < -0.39 is 0 Å². The second-order valence-electron chi connectivity index (χ2n) is 6.67. The highest BCUT2D eigenvalue weighted by Crippen LogP contribution is 2.27. The van der Waals surface area contributed by atoms with E-state index in [0.717, 1.165) is 22.7 Å². The van der Waals surface area contributed by atoms with Crippen LogP contribution in [0.25, 0.3) is 0 Å². The fourth-order valence-corrected chi connectivity index (χ4v) is 2.61.